The van der Waals surface area contributed by atoms with Crippen molar-refractivity contribution in [2.45, 2.75) is 4.90 Å². The van der Waals surface area contributed by atoms with Crippen LogP contribution in [0.2, 0.25) is 10.0 Å². The number of benzene rings is 2. The third-order valence-corrected chi connectivity index (χ3v) is 5.16. The Bertz CT molecular complexity index is 959. The molecule has 3 aromatic rings. The second-order valence-corrected chi connectivity index (χ2v) is 7.09. The second-order valence-electron chi connectivity index (χ2n) is 4.60. The van der Waals surface area contributed by atoms with Crippen molar-refractivity contribution in [1.29, 1.82) is 0 Å². The second kappa shape index (κ2) is 5.76. The first-order chi connectivity index (χ1) is 10.5. The summed E-state index contributed by atoms with van der Waals surface area (Å²) in [5.74, 6) is 0. The molecule has 0 fully saturated rings. The normalized spacial score (nSPS) is 11.5. The van der Waals surface area contributed by atoms with Crippen molar-refractivity contribution in [3.63, 3.8) is 0 Å². The van der Waals surface area contributed by atoms with Crippen LogP contribution in [0.4, 0.5) is 5.69 Å². The number of para-hydroxylation sites is 1. The maximum absolute atomic E-state index is 12.4. The average molecular weight is 353 g/mol. The summed E-state index contributed by atoms with van der Waals surface area (Å²) >= 11 is 11.7. The van der Waals surface area contributed by atoms with Crippen molar-refractivity contribution in [2.24, 2.45) is 0 Å². The molecule has 1 aromatic heterocycles. The summed E-state index contributed by atoms with van der Waals surface area (Å²) in [5, 5.41) is 1.33. The zero-order chi connectivity index (χ0) is 15.7. The lowest BCUT2D eigenvalue weighted by Crippen LogP contribution is -2.13. The van der Waals surface area contributed by atoms with E-state index in [4.69, 9.17) is 23.2 Å². The van der Waals surface area contributed by atoms with E-state index in [1.807, 2.05) is 24.3 Å². The summed E-state index contributed by atoms with van der Waals surface area (Å²) in [4.78, 5) is 4.25. The summed E-state index contributed by atoms with van der Waals surface area (Å²) < 4.78 is 27.2. The third kappa shape index (κ3) is 3.02. The number of nitrogens with one attached hydrogen (secondary N) is 1. The number of fused-ring (bicyclic) bond motifs is 1. The van der Waals surface area contributed by atoms with Gasteiger partial charge in [-0.05, 0) is 30.3 Å². The molecule has 0 saturated heterocycles. The van der Waals surface area contributed by atoms with Gasteiger partial charge in [-0.1, -0.05) is 41.4 Å². The Morgan fingerprint density at radius 1 is 0.955 bits per heavy atom. The number of hydrogen-bond acceptors (Lipinski definition) is 3. The minimum Gasteiger partial charge on any atom is -0.278 e. The molecule has 0 spiro atoms. The van der Waals surface area contributed by atoms with Gasteiger partial charge in [0.2, 0.25) is 0 Å². The van der Waals surface area contributed by atoms with Crippen LogP contribution in [0.3, 0.4) is 0 Å². The maximum atomic E-state index is 12.4. The largest absolute Gasteiger partial charge is 0.278 e. The van der Waals surface area contributed by atoms with Crippen molar-refractivity contribution < 1.29 is 8.42 Å². The van der Waals surface area contributed by atoms with E-state index in [0.717, 1.165) is 10.9 Å². The van der Waals surface area contributed by atoms with E-state index in [1.54, 1.807) is 6.07 Å². The van der Waals surface area contributed by atoms with E-state index < -0.39 is 10.0 Å². The summed E-state index contributed by atoms with van der Waals surface area (Å²) in [6.45, 7) is 0. The van der Waals surface area contributed by atoms with E-state index in [0.29, 0.717) is 10.7 Å². The molecule has 22 heavy (non-hydrogen) atoms. The van der Waals surface area contributed by atoms with Gasteiger partial charge in [0.15, 0.2) is 0 Å². The molecule has 0 bridgehead atoms. The fourth-order valence-electron chi connectivity index (χ4n) is 1.98. The van der Waals surface area contributed by atoms with Gasteiger partial charge in [-0.2, -0.15) is 0 Å². The molecule has 0 aliphatic carbocycles. The van der Waals surface area contributed by atoms with E-state index >= 15 is 0 Å². The molecule has 0 atom stereocenters. The van der Waals surface area contributed by atoms with E-state index in [1.165, 1.54) is 24.4 Å². The first kappa shape index (κ1) is 15.1. The number of halogens is 2. The van der Waals surface area contributed by atoms with Crippen LogP contribution in [-0.2, 0) is 10.0 Å². The van der Waals surface area contributed by atoms with Crippen LogP contribution >= 0.6 is 23.2 Å². The highest BCUT2D eigenvalue weighted by atomic mass is 35.5. The molecule has 0 radical (unpaired) electrons. The Hall–Kier alpha value is -1.82. The highest BCUT2D eigenvalue weighted by Gasteiger charge is 2.16. The van der Waals surface area contributed by atoms with Gasteiger partial charge in [0.25, 0.3) is 10.0 Å². The minimum absolute atomic E-state index is 0.0371. The highest BCUT2D eigenvalue weighted by Crippen LogP contribution is 2.26. The minimum atomic E-state index is -3.75. The molecular weight excluding hydrogens is 343 g/mol. The van der Waals surface area contributed by atoms with Crippen LogP contribution in [0.15, 0.2) is 59.6 Å². The number of hydrogen-bond donors (Lipinski definition) is 1. The van der Waals surface area contributed by atoms with Crippen LogP contribution in [0.1, 0.15) is 0 Å². The lowest BCUT2D eigenvalue weighted by Gasteiger charge is -2.09. The number of pyridine rings is 1. The van der Waals surface area contributed by atoms with E-state index in [2.05, 4.69) is 9.71 Å². The predicted octanol–water partition coefficient (Wildman–Crippen LogP) is 4.34. The molecule has 112 valence electrons. The predicted molar refractivity (Wildman–Crippen MR) is 89.0 cm³/mol. The molecule has 0 saturated carbocycles. The molecule has 1 heterocycles. The molecule has 0 unspecified atom stereocenters. The first-order valence-electron chi connectivity index (χ1n) is 6.28. The van der Waals surface area contributed by atoms with Crippen molar-refractivity contribution in [2.75, 3.05) is 4.72 Å². The maximum Gasteiger partial charge on any atom is 0.261 e. The van der Waals surface area contributed by atoms with Crippen LogP contribution in [0.25, 0.3) is 10.9 Å². The fourth-order valence-corrected chi connectivity index (χ4v) is 3.41. The smallest absolute Gasteiger partial charge is 0.261 e. The van der Waals surface area contributed by atoms with Gasteiger partial charge < -0.3 is 0 Å². The van der Waals surface area contributed by atoms with Crippen LogP contribution in [-0.4, -0.2) is 13.4 Å². The average Bonchev–Trinajstić information content (AvgIpc) is 2.49. The van der Waals surface area contributed by atoms with Gasteiger partial charge in [-0.15, -0.1) is 0 Å². The lowest BCUT2D eigenvalue weighted by molar-refractivity contribution is 0.601. The van der Waals surface area contributed by atoms with Crippen molar-refractivity contribution >= 4 is 49.8 Å². The lowest BCUT2D eigenvalue weighted by atomic mass is 10.2. The Morgan fingerprint density at radius 3 is 2.50 bits per heavy atom. The topological polar surface area (TPSA) is 59.1 Å². The van der Waals surface area contributed by atoms with Gasteiger partial charge in [0.1, 0.15) is 0 Å². The summed E-state index contributed by atoms with van der Waals surface area (Å²) in [5.41, 5.74) is 1.17. The van der Waals surface area contributed by atoms with Gasteiger partial charge in [-0.3, -0.25) is 9.71 Å². The van der Waals surface area contributed by atoms with Gasteiger partial charge in [-0.25, -0.2) is 8.42 Å². The number of rotatable bonds is 3. The van der Waals surface area contributed by atoms with Crippen molar-refractivity contribution in [1.82, 2.24) is 4.98 Å². The molecular formula is C15H10Cl2N2O2S. The third-order valence-electron chi connectivity index (χ3n) is 3.04. The van der Waals surface area contributed by atoms with Crippen molar-refractivity contribution in [3.8, 4) is 0 Å². The number of nitrogens with zero attached hydrogens (tertiary/aromatic N) is 1. The van der Waals surface area contributed by atoms with Crippen LogP contribution < -0.4 is 4.72 Å². The van der Waals surface area contributed by atoms with Crippen molar-refractivity contribution in [3.05, 3.63) is 64.8 Å². The van der Waals surface area contributed by atoms with Gasteiger partial charge in [0.05, 0.1) is 32.3 Å². The number of aromatic nitrogens is 1. The molecule has 3 rings (SSSR count). The molecule has 7 heteroatoms. The fraction of sp³-hybridized carbons (Fsp3) is 0. The molecule has 2 aromatic carbocycles. The van der Waals surface area contributed by atoms with E-state index in [9.17, 15) is 8.42 Å². The standard InChI is InChI=1S/C15H10Cl2N2O2S/c16-13-6-5-12(8-14(13)17)22(20,21)19-11-7-10-3-1-2-4-15(10)18-9-11/h1-9,19H. The Morgan fingerprint density at radius 2 is 1.73 bits per heavy atom. The first-order valence-corrected chi connectivity index (χ1v) is 8.52. The van der Waals surface area contributed by atoms with Gasteiger partial charge >= 0.3 is 0 Å². The summed E-state index contributed by atoms with van der Waals surface area (Å²) in [6.07, 6.45) is 1.47. The summed E-state index contributed by atoms with van der Waals surface area (Å²) in [6, 6.07) is 13.3. The zero-order valence-corrected chi connectivity index (χ0v) is 13.5. The number of sulfonamides is 1. The van der Waals surface area contributed by atoms with E-state index in [-0.39, 0.29) is 9.92 Å². The number of anilines is 1. The van der Waals surface area contributed by atoms with Gasteiger partial charge in [0, 0.05) is 5.39 Å². The molecule has 0 aliphatic heterocycles. The monoisotopic (exact) mass is 352 g/mol. The molecule has 4 nitrogen and oxygen atoms in total. The Kier molecular flexibility index (Phi) is 3.95. The quantitative estimate of drug-likeness (QED) is 0.762. The Labute approximate surface area is 137 Å². The molecule has 0 aliphatic rings. The summed E-state index contributed by atoms with van der Waals surface area (Å²) in [7, 11) is -3.75. The molecule has 0 amide bonds. The Balaban J connectivity index is 1.97. The molecule has 1 N–H and O–H groups in total. The highest BCUT2D eigenvalue weighted by molar-refractivity contribution is 7.92. The van der Waals surface area contributed by atoms with Crippen LogP contribution in [0, 0.1) is 0 Å². The zero-order valence-electron chi connectivity index (χ0n) is 11.1. The van der Waals surface area contributed by atoms with Crippen LogP contribution in [0.5, 0.6) is 0 Å². The SMILES string of the molecule is O=S(=O)(Nc1cnc2ccccc2c1)c1ccc(Cl)c(Cl)c1.